The summed E-state index contributed by atoms with van der Waals surface area (Å²) < 4.78 is 51.5. The summed E-state index contributed by atoms with van der Waals surface area (Å²) in [6.45, 7) is 1.00. The topological polar surface area (TPSA) is 71.5 Å². The molecule has 1 aromatic heterocycles. The molecule has 118 valence electrons. The molecule has 0 radical (unpaired) electrons. The van der Waals surface area contributed by atoms with E-state index < -0.39 is 19.9 Å². The minimum atomic E-state index is -3.67. The molecule has 5 nitrogen and oxygen atoms in total. The fourth-order valence-corrected chi connectivity index (χ4v) is 7.22. The van der Waals surface area contributed by atoms with Gasteiger partial charge in [0.1, 0.15) is 8.42 Å². The van der Waals surface area contributed by atoms with Crippen molar-refractivity contribution in [1.82, 2.24) is 4.31 Å². The van der Waals surface area contributed by atoms with Crippen LogP contribution in [0.4, 0.5) is 0 Å². The predicted molar refractivity (Wildman–Crippen MR) is 84.2 cm³/mol. The first-order valence-corrected chi connectivity index (χ1v) is 10.6. The van der Waals surface area contributed by atoms with Crippen molar-refractivity contribution in [3.8, 4) is 0 Å². The number of sulfone groups is 1. The van der Waals surface area contributed by atoms with E-state index in [4.69, 9.17) is 0 Å². The second-order valence-electron chi connectivity index (χ2n) is 5.00. The third-order valence-electron chi connectivity index (χ3n) is 3.53. The van der Waals surface area contributed by atoms with Crippen molar-refractivity contribution in [1.29, 1.82) is 0 Å². The lowest BCUT2D eigenvalue weighted by Gasteiger charge is -2.13. The first-order valence-electron chi connectivity index (χ1n) is 6.82. The van der Waals surface area contributed by atoms with Crippen LogP contribution in [0.15, 0.2) is 55.8 Å². The molecule has 0 spiro atoms. The average Bonchev–Trinajstić information content (AvgIpc) is 3.20. The van der Waals surface area contributed by atoms with Crippen LogP contribution in [-0.4, -0.2) is 34.2 Å². The molecule has 2 heterocycles. The van der Waals surface area contributed by atoms with Gasteiger partial charge < -0.3 is 0 Å². The number of rotatable bonds is 4. The van der Waals surface area contributed by atoms with Crippen LogP contribution >= 0.6 is 11.3 Å². The Labute approximate surface area is 134 Å². The van der Waals surface area contributed by atoms with Gasteiger partial charge in [0.05, 0.1) is 4.90 Å². The van der Waals surface area contributed by atoms with E-state index in [2.05, 4.69) is 0 Å². The average molecular weight is 357 g/mol. The summed E-state index contributed by atoms with van der Waals surface area (Å²) in [5.74, 6) is 0. The van der Waals surface area contributed by atoms with Gasteiger partial charge in [-0.25, -0.2) is 16.8 Å². The first-order chi connectivity index (χ1) is 10.4. The molecule has 0 bridgehead atoms. The van der Waals surface area contributed by atoms with Gasteiger partial charge in [0.15, 0.2) is 0 Å². The van der Waals surface area contributed by atoms with Crippen molar-refractivity contribution >= 4 is 31.2 Å². The Morgan fingerprint density at radius 2 is 1.41 bits per heavy atom. The summed E-state index contributed by atoms with van der Waals surface area (Å²) in [7, 11) is -7.24. The number of thiophene rings is 1. The lowest BCUT2D eigenvalue weighted by atomic mass is 10.4. The predicted octanol–water partition coefficient (Wildman–Crippen LogP) is 2.37. The van der Waals surface area contributed by atoms with Crippen molar-refractivity contribution in [2.75, 3.05) is 13.1 Å². The van der Waals surface area contributed by atoms with Gasteiger partial charge in [0, 0.05) is 13.1 Å². The van der Waals surface area contributed by atoms with Crippen molar-refractivity contribution in [2.45, 2.75) is 26.2 Å². The summed E-state index contributed by atoms with van der Waals surface area (Å²) in [5, 5.41) is 0. The highest BCUT2D eigenvalue weighted by Crippen LogP contribution is 2.32. The second-order valence-corrected chi connectivity index (χ2v) is 10.4. The van der Waals surface area contributed by atoms with Gasteiger partial charge in [-0.2, -0.15) is 4.31 Å². The van der Waals surface area contributed by atoms with Crippen LogP contribution in [-0.2, 0) is 19.9 Å². The van der Waals surface area contributed by atoms with E-state index in [0.717, 1.165) is 24.2 Å². The Hall–Kier alpha value is -1.22. The molecule has 0 saturated carbocycles. The maximum Gasteiger partial charge on any atom is 0.252 e. The molecule has 22 heavy (non-hydrogen) atoms. The molecule has 8 heteroatoms. The van der Waals surface area contributed by atoms with Crippen LogP contribution in [0.1, 0.15) is 12.8 Å². The van der Waals surface area contributed by atoms with Gasteiger partial charge in [0.2, 0.25) is 9.84 Å². The normalized spacial score (nSPS) is 16.9. The highest BCUT2D eigenvalue weighted by molar-refractivity contribution is 7.95. The molecule has 1 aliphatic heterocycles. The minimum Gasteiger partial charge on any atom is -0.218 e. The van der Waals surface area contributed by atoms with E-state index in [0.29, 0.717) is 13.1 Å². The Morgan fingerprint density at radius 3 is 2.05 bits per heavy atom. The van der Waals surface area contributed by atoms with Gasteiger partial charge in [-0.1, -0.05) is 18.2 Å². The number of benzene rings is 1. The maximum absolute atomic E-state index is 12.5. The summed E-state index contributed by atoms with van der Waals surface area (Å²) in [6, 6.07) is 10.8. The summed E-state index contributed by atoms with van der Waals surface area (Å²) >= 11 is 0.811. The second kappa shape index (κ2) is 5.77. The molecule has 0 N–H and O–H groups in total. The van der Waals surface area contributed by atoms with Crippen molar-refractivity contribution in [3.05, 3.63) is 42.5 Å². The van der Waals surface area contributed by atoms with Crippen LogP contribution in [0.5, 0.6) is 0 Å². The Morgan fingerprint density at radius 1 is 0.818 bits per heavy atom. The molecule has 0 atom stereocenters. The maximum atomic E-state index is 12.5. The molecule has 1 saturated heterocycles. The number of sulfonamides is 1. The van der Waals surface area contributed by atoms with Gasteiger partial charge in [0.25, 0.3) is 10.0 Å². The molecule has 0 unspecified atom stereocenters. The van der Waals surface area contributed by atoms with Gasteiger partial charge in [-0.3, -0.25) is 0 Å². The van der Waals surface area contributed by atoms with E-state index in [9.17, 15) is 16.8 Å². The molecular formula is C14H15NO4S3. The zero-order valence-corrected chi connectivity index (χ0v) is 14.1. The molecular weight excluding hydrogens is 342 g/mol. The zero-order valence-electron chi connectivity index (χ0n) is 11.7. The van der Waals surface area contributed by atoms with Crippen LogP contribution in [0.2, 0.25) is 0 Å². The third-order valence-corrected chi connectivity index (χ3v) is 9.25. The lowest BCUT2D eigenvalue weighted by molar-refractivity contribution is 0.479. The van der Waals surface area contributed by atoms with E-state index in [1.165, 1.54) is 28.6 Å². The van der Waals surface area contributed by atoms with Crippen LogP contribution in [0.3, 0.4) is 0 Å². The summed E-state index contributed by atoms with van der Waals surface area (Å²) in [5.41, 5.74) is 0. The van der Waals surface area contributed by atoms with E-state index in [1.807, 2.05) is 0 Å². The van der Waals surface area contributed by atoms with Crippen molar-refractivity contribution in [2.24, 2.45) is 0 Å². The number of nitrogens with zero attached hydrogens (tertiary/aromatic N) is 1. The molecule has 0 aliphatic carbocycles. The summed E-state index contributed by atoms with van der Waals surface area (Å²) in [4.78, 5) is 0.168. The van der Waals surface area contributed by atoms with Crippen LogP contribution in [0, 0.1) is 0 Å². The van der Waals surface area contributed by atoms with Crippen molar-refractivity contribution in [3.63, 3.8) is 0 Å². The van der Waals surface area contributed by atoms with Crippen LogP contribution in [0.25, 0.3) is 0 Å². The molecule has 1 aromatic carbocycles. The highest BCUT2D eigenvalue weighted by atomic mass is 32.3. The molecule has 1 fully saturated rings. The fourth-order valence-electron chi connectivity index (χ4n) is 2.36. The fraction of sp³-hybridized carbons (Fsp3) is 0.286. The Balaban J connectivity index is 1.98. The van der Waals surface area contributed by atoms with Gasteiger partial charge in [-0.05, 0) is 37.1 Å². The monoisotopic (exact) mass is 357 g/mol. The van der Waals surface area contributed by atoms with Gasteiger partial charge in [-0.15, -0.1) is 11.3 Å². The number of hydrogen-bond acceptors (Lipinski definition) is 5. The lowest BCUT2D eigenvalue weighted by Crippen LogP contribution is -2.27. The van der Waals surface area contributed by atoms with E-state index >= 15 is 0 Å². The van der Waals surface area contributed by atoms with Gasteiger partial charge >= 0.3 is 0 Å². The summed E-state index contributed by atoms with van der Waals surface area (Å²) in [6.07, 6.45) is 1.69. The minimum absolute atomic E-state index is 0.0523. The molecule has 0 amide bonds. The van der Waals surface area contributed by atoms with Crippen LogP contribution < -0.4 is 0 Å². The zero-order chi connectivity index (χ0) is 15.8. The smallest absolute Gasteiger partial charge is 0.218 e. The SMILES string of the molecule is O=S(=O)(c1ccccc1)c1ccc(S(=O)(=O)N2CCCC2)s1. The van der Waals surface area contributed by atoms with E-state index in [1.54, 1.807) is 18.2 Å². The quantitative estimate of drug-likeness (QED) is 0.842. The molecule has 2 aromatic rings. The van der Waals surface area contributed by atoms with E-state index in [-0.39, 0.29) is 13.3 Å². The largest absolute Gasteiger partial charge is 0.252 e. The molecule has 3 rings (SSSR count). The molecule has 1 aliphatic rings. The third kappa shape index (κ3) is 2.71. The van der Waals surface area contributed by atoms with Crippen molar-refractivity contribution < 1.29 is 16.8 Å². The Kier molecular flexibility index (Phi) is 4.11. The first kappa shape index (κ1) is 15.7. The number of hydrogen-bond donors (Lipinski definition) is 0. The Bertz CT molecular complexity index is 864. The highest BCUT2D eigenvalue weighted by Gasteiger charge is 2.30. The standard InChI is InChI=1S/C14H15NO4S3/c16-21(17,12-6-2-1-3-7-12)13-8-9-14(20-13)22(18,19)15-10-4-5-11-15/h1-3,6-9H,4-5,10-11H2.